The summed E-state index contributed by atoms with van der Waals surface area (Å²) in [7, 11) is 4.20. The topological polar surface area (TPSA) is 31.4 Å². The second-order valence-corrected chi connectivity index (χ2v) is 4.47. The zero-order chi connectivity index (χ0) is 10.7. The number of pyridine rings is 1. The summed E-state index contributed by atoms with van der Waals surface area (Å²) in [5.41, 5.74) is 1.10. The van der Waals surface area contributed by atoms with Crippen LogP contribution >= 0.6 is 0 Å². The number of nitrogens with zero attached hydrogens (tertiary/aromatic N) is 1. The highest BCUT2D eigenvalue weighted by molar-refractivity contribution is 6.32. The number of hydrogen-bond acceptors (Lipinski definition) is 3. The minimum Gasteiger partial charge on any atom is -0.492 e. The lowest BCUT2D eigenvalue weighted by Crippen LogP contribution is -2.14. The summed E-state index contributed by atoms with van der Waals surface area (Å²) >= 11 is 0. The van der Waals surface area contributed by atoms with E-state index in [0.717, 1.165) is 32.6 Å². The average Bonchev–Trinajstić information content (AvgIpc) is 2.16. The maximum absolute atomic E-state index is 5.37. The molecule has 0 aromatic carbocycles. The van der Waals surface area contributed by atoms with E-state index in [1.165, 1.54) is 0 Å². The summed E-state index contributed by atoms with van der Waals surface area (Å²) in [5.74, 6) is 2.03. The lowest BCUT2D eigenvalue weighted by atomic mass is 10.0. The van der Waals surface area contributed by atoms with Crippen LogP contribution in [0.5, 0.6) is 11.5 Å². The number of methoxy groups -OCH3 is 2. The normalized spacial score (nSPS) is 10.6. The van der Waals surface area contributed by atoms with Crippen molar-refractivity contribution in [3.05, 3.63) is 11.8 Å². The summed E-state index contributed by atoms with van der Waals surface area (Å²) in [4.78, 5) is 4.34. The van der Waals surface area contributed by atoms with E-state index in [-0.39, 0.29) is 0 Å². The Morgan fingerprint density at radius 1 is 1.21 bits per heavy atom. The van der Waals surface area contributed by atoms with Gasteiger partial charge in [-0.2, -0.15) is 0 Å². The number of hydrogen-bond donors (Lipinski definition) is 0. The number of aromatic nitrogens is 1. The van der Waals surface area contributed by atoms with Gasteiger partial charge in [-0.05, 0) is 5.92 Å². The van der Waals surface area contributed by atoms with E-state index >= 15 is 0 Å². The van der Waals surface area contributed by atoms with Crippen LogP contribution in [0.25, 0.3) is 0 Å². The maximum Gasteiger partial charge on any atom is 0.176 e. The number of rotatable bonds is 3. The Morgan fingerprint density at radius 2 is 1.79 bits per heavy atom. The predicted octanol–water partition coefficient (Wildman–Crippen LogP) is 0.213. The molecule has 0 fully saturated rings. The molecule has 0 aliphatic rings. The van der Waals surface area contributed by atoms with Gasteiger partial charge in [-0.25, -0.2) is 0 Å². The van der Waals surface area contributed by atoms with Crippen LogP contribution in [0.1, 0.15) is 25.3 Å². The highest BCUT2D eigenvalue weighted by Crippen LogP contribution is 2.32. The maximum atomic E-state index is 5.37. The molecular weight excluding hydrogens is 194 g/mol. The second kappa shape index (κ2) is 4.46. The third-order valence-electron chi connectivity index (χ3n) is 2.22. The van der Waals surface area contributed by atoms with Gasteiger partial charge in [0.1, 0.15) is 0 Å². The Hall–Kier alpha value is -1.03. The van der Waals surface area contributed by atoms with E-state index in [1.807, 2.05) is 6.20 Å². The molecule has 78 valence electrons. The standard InChI is InChI=1S/C10H17NO2Si/c1-6(2)7-5-11-10(14)9(13-4)8(7)12-3/h5-6H,1-4,14H3. The van der Waals surface area contributed by atoms with Gasteiger partial charge >= 0.3 is 0 Å². The third-order valence-corrected chi connectivity index (χ3v) is 2.94. The first-order valence-electron chi connectivity index (χ1n) is 4.69. The van der Waals surface area contributed by atoms with E-state index in [4.69, 9.17) is 9.47 Å². The van der Waals surface area contributed by atoms with Gasteiger partial charge in [0.2, 0.25) is 0 Å². The van der Waals surface area contributed by atoms with Gasteiger partial charge in [-0.15, -0.1) is 0 Å². The summed E-state index contributed by atoms with van der Waals surface area (Å²) in [5, 5.41) is 0.994. The second-order valence-electron chi connectivity index (χ2n) is 3.52. The van der Waals surface area contributed by atoms with Crippen molar-refractivity contribution in [1.82, 2.24) is 4.98 Å². The molecule has 0 atom stereocenters. The summed E-state index contributed by atoms with van der Waals surface area (Å²) in [6, 6.07) is 0. The van der Waals surface area contributed by atoms with E-state index in [2.05, 4.69) is 18.8 Å². The van der Waals surface area contributed by atoms with Crippen LogP contribution in [0.2, 0.25) is 0 Å². The van der Waals surface area contributed by atoms with Crippen molar-refractivity contribution < 1.29 is 9.47 Å². The molecule has 0 aliphatic heterocycles. The van der Waals surface area contributed by atoms with E-state index in [0.29, 0.717) is 5.92 Å². The summed E-state index contributed by atoms with van der Waals surface area (Å²) < 4.78 is 10.7. The predicted molar refractivity (Wildman–Crippen MR) is 61.0 cm³/mol. The first kappa shape index (κ1) is 11.0. The van der Waals surface area contributed by atoms with Crippen molar-refractivity contribution in [2.45, 2.75) is 19.8 Å². The van der Waals surface area contributed by atoms with E-state index < -0.39 is 0 Å². The zero-order valence-corrected chi connectivity index (χ0v) is 11.4. The molecule has 14 heavy (non-hydrogen) atoms. The molecule has 0 radical (unpaired) electrons. The van der Waals surface area contributed by atoms with Crippen LogP contribution in [0, 0.1) is 0 Å². The molecule has 3 nitrogen and oxygen atoms in total. The molecule has 1 rings (SSSR count). The molecule has 1 aromatic heterocycles. The Balaban J connectivity index is 3.33. The van der Waals surface area contributed by atoms with Crippen molar-refractivity contribution in [3.63, 3.8) is 0 Å². The van der Waals surface area contributed by atoms with Crippen molar-refractivity contribution >= 4 is 15.6 Å². The SMILES string of the molecule is COc1c(C(C)C)cnc([SiH3])c1OC. The van der Waals surface area contributed by atoms with Gasteiger partial charge in [-0.3, -0.25) is 4.98 Å². The smallest absolute Gasteiger partial charge is 0.176 e. The van der Waals surface area contributed by atoms with Crippen molar-refractivity contribution in [2.75, 3.05) is 14.2 Å². The molecule has 4 heteroatoms. The van der Waals surface area contributed by atoms with Crippen molar-refractivity contribution in [3.8, 4) is 11.5 Å². The van der Waals surface area contributed by atoms with Crippen LogP contribution in [-0.4, -0.2) is 29.4 Å². The van der Waals surface area contributed by atoms with Gasteiger partial charge in [0.05, 0.1) is 29.8 Å². The fourth-order valence-corrected chi connectivity index (χ4v) is 2.00. The molecule has 0 bridgehead atoms. The first-order chi connectivity index (χ1) is 6.61. The average molecular weight is 211 g/mol. The Bertz CT molecular complexity index is 326. The van der Waals surface area contributed by atoms with E-state index in [9.17, 15) is 0 Å². The highest BCUT2D eigenvalue weighted by atomic mass is 28.1. The lowest BCUT2D eigenvalue weighted by Gasteiger charge is -2.16. The Labute approximate surface area is 87.9 Å². The van der Waals surface area contributed by atoms with Crippen LogP contribution < -0.4 is 14.8 Å². The molecule has 0 aliphatic carbocycles. The zero-order valence-electron chi connectivity index (χ0n) is 9.42. The van der Waals surface area contributed by atoms with E-state index in [1.54, 1.807) is 14.2 Å². The molecule has 0 amide bonds. The monoisotopic (exact) mass is 211 g/mol. The van der Waals surface area contributed by atoms with Gasteiger partial charge < -0.3 is 9.47 Å². The number of ether oxygens (including phenoxy) is 2. The molecular formula is C10H17NO2Si. The van der Waals surface area contributed by atoms with Crippen molar-refractivity contribution in [1.29, 1.82) is 0 Å². The Morgan fingerprint density at radius 3 is 2.21 bits per heavy atom. The fourth-order valence-electron chi connectivity index (χ4n) is 1.44. The summed E-state index contributed by atoms with van der Waals surface area (Å²) in [6.45, 7) is 4.23. The van der Waals surface area contributed by atoms with Crippen LogP contribution in [-0.2, 0) is 0 Å². The highest BCUT2D eigenvalue weighted by Gasteiger charge is 2.15. The molecule has 0 N–H and O–H groups in total. The minimum absolute atomic E-state index is 0.397. The van der Waals surface area contributed by atoms with Gasteiger partial charge in [0.25, 0.3) is 0 Å². The third kappa shape index (κ3) is 1.90. The molecule has 0 spiro atoms. The largest absolute Gasteiger partial charge is 0.492 e. The van der Waals surface area contributed by atoms with Crippen LogP contribution in [0.3, 0.4) is 0 Å². The molecule has 1 aromatic rings. The fraction of sp³-hybridized carbons (Fsp3) is 0.500. The molecule has 1 heterocycles. The molecule has 0 saturated carbocycles. The van der Waals surface area contributed by atoms with Gasteiger partial charge in [0, 0.05) is 11.8 Å². The van der Waals surface area contributed by atoms with Crippen LogP contribution in [0.15, 0.2) is 6.20 Å². The molecule has 0 unspecified atom stereocenters. The summed E-state index contributed by atoms with van der Waals surface area (Å²) in [6.07, 6.45) is 1.88. The van der Waals surface area contributed by atoms with Crippen molar-refractivity contribution in [2.24, 2.45) is 0 Å². The Kier molecular flexibility index (Phi) is 3.52. The van der Waals surface area contributed by atoms with Crippen LogP contribution in [0.4, 0.5) is 0 Å². The van der Waals surface area contributed by atoms with Gasteiger partial charge in [-0.1, -0.05) is 13.8 Å². The first-order valence-corrected chi connectivity index (χ1v) is 5.69. The molecule has 0 saturated heterocycles. The lowest BCUT2D eigenvalue weighted by molar-refractivity contribution is 0.351. The quantitative estimate of drug-likeness (QED) is 0.670. The minimum atomic E-state index is 0.397. The van der Waals surface area contributed by atoms with Gasteiger partial charge in [0.15, 0.2) is 11.5 Å².